The third-order valence-electron chi connectivity index (χ3n) is 2.52. The van der Waals surface area contributed by atoms with Crippen LogP contribution in [0, 0.1) is 0 Å². The van der Waals surface area contributed by atoms with Crippen LogP contribution in [-0.4, -0.2) is 36.7 Å². The Morgan fingerprint density at radius 2 is 2.50 bits per heavy atom. The van der Waals surface area contributed by atoms with Gasteiger partial charge >= 0.3 is 0 Å². The lowest BCUT2D eigenvalue weighted by atomic mass is 10.2. The summed E-state index contributed by atoms with van der Waals surface area (Å²) in [6, 6.07) is 0.768. The van der Waals surface area contributed by atoms with E-state index in [1.54, 1.807) is 0 Å². The molecule has 2 bridgehead atoms. The number of ether oxygens (including phenoxy) is 1. The molecule has 2 rings (SSSR count). The Bertz CT molecular complexity index is 126. The summed E-state index contributed by atoms with van der Waals surface area (Å²) in [5, 5.41) is 0. The summed E-state index contributed by atoms with van der Waals surface area (Å²) in [6.07, 6.45) is 3.15. The Morgan fingerprint density at radius 3 is 3.00 bits per heavy atom. The Labute approximate surface area is 62.2 Å². The minimum Gasteiger partial charge on any atom is -0.375 e. The fraction of sp³-hybridized carbons (Fsp3) is 1.00. The second kappa shape index (κ2) is 2.51. The molecule has 2 heterocycles. The fourth-order valence-electron chi connectivity index (χ4n) is 2.04. The third-order valence-corrected chi connectivity index (χ3v) is 2.52. The van der Waals surface area contributed by atoms with Crippen molar-refractivity contribution in [3.05, 3.63) is 0 Å². The van der Waals surface area contributed by atoms with E-state index in [0.717, 1.165) is 12.6 Å². The van der Waals surface area contributed by atoms with Gasteiger partial charge in [-0.05, 0) is 19.4 Å². The molecular weight excluding hydrogens is 126 g/mol. The van der Waals surface area contributed by atoms with E-state index in [1.807, 2.05) is 0 Å². The van der Waals surface area contributed by atoms with Crippen LogP contribution in [0.3, 0.4) is 0 Å². The molecule has 2 fully saturated rings. The molecule has 2 unspecified atom stereocenters. The molecule has 0 N–H and O–H groups in total. The highest BCUT2D eigenvalue weighted by Gasteiger charge is 2.37. The number of morpholine rings is 1. The maximum atomic E-state index is 5.49. The predicted octanol–water partition coefficient (Wildman–Crippen LogP) is 0.869. The first-order valence-electron chi connectivity index (χ1n) is 4.26. The maximum Gasteiger partial charge on any atom is 0.0718 e. The quantitative estimate of drug-likeness (QED) is 0.565. The molecule has 10 heavy (non-hydrogen) atoms. The van der Waals surface area contributed by atoms with Crippen molar-refractivity contribution in [1.29, 1.82) is 0 Å². The van der Waals surface area contributed by atoms with Gasteiger partial charge in [0.2, 0.25) is 0 Å². The molecule has 58 valence electrons. The van der Waals surface area contributed by atoms with Crippen LogP contribution in [0.4, 0.5) is 0 Å². The van der Waals surface area contributed by atoms with Gasteiger partial charge in [-0.15, -0.1) is 0 Å². The fourth-order valence-corrected chi connectivity index (χ4v) is 2.04. The Kier molecular flexibility index (Phi) is 1.66. The van der Waals surface area contributed by atoms with Crippen molar-refractivity contribution < 1.29 is 4.74 Å². The van der Waals surface area contributed by atoms with Crippen LogP contribution in [0.1, 0.15) is 19.8 Å². The van der Waals surface area contributed by atoms with E-state index in [4.69, 9.17) is 4.74 Å². The molecule has 0 radical (unpaired) electrons. The highest BCUT2D eigenvalue weighted by molar-refractivity contribution is 4.90. The van der Waals surface area contributed by atoms with Crippen molar-refractivity contribution in [2.24, 2.45) is 0 Å². The highest BCUT2D eigenvalue weighted by Crippen LogP contribution is 2.27. The molecule has 0 aromatic carbocycles. The van der Waals surface area contributed by atoms with Gasteiger partial charge in [0.1, 0.15) is 0 Å². The van der Waals surface area contributed by atoms with Gasteiger partial charge in [-0.3, -0.25) is 4.90 Å². The minimum absolute atomic E-state index is 0.580. The molecule has 2 aliphatic heterocycles. The van der Waals surface area contributed by atoms with Gasteiger partial charge in [-0.25, -0.2) is 0 Å². The van der Waals surface area contributed by atoms with Crippen LogP contribution in [0.5, 0.6) is 0 Å². The molecular formula is C8H15NO. The molecule has 2 atom stereocenters. The van der Waals surface area contributed by atoms with E-state index in [1.165, 1.54) is 25.9 Å². The molecule has 0 amide bonds. The molecule has 2 heteroatoms. The lowest BCUT2D eigenvalue weighted by Gasteiger charge is -2.25. The third kappa shape index (κ3) is 0.956. The standard InChI is InChI=1S/C8H15NO/c1-2-3-9-5-8-4-7(9)6-10-8/h7-8H,2-6H2,1H3. The van der Waals surface area contributed by atoms with Gasteiger partial charge < -0.3 is 4.74 Å². The first-order chi connectivity index (χ1) is 4.90. The summed E-state index contributed by atoms with van der Waals surface area (Å²) in [4.78, 5) is 2.56. The summed E-state index contributed by atoms with van der Waals surface area (Å²) in [5.41, 5.74) is 0. The van der Waals surface area contributed by atoms with E-state index in [0.29, 0.717) is 6.10 Å². The smallest absolute Gasteiger partial charge is 0.0718 e. The molecule has 0 spiro atoms. The summed E-state index contributed by atoms with van der Waals surface area (Å²) >= 11 is 0. The average Bonchev–Trinajstić information content (AvgIpc) is 2.48. The molecule has 2 aliphatic rings. The topological polar surface area (TPSA) is 12.5 Å². The van der Waals surface area contributed by atoms with Crippen molar-refractivity contribution in [1.82, 2.24) is 4.90 Å². The number of hydrogen-bond acceptors (Lipinski definition) is 2. The first-order valence-corrected chi connectivity index (χ1v) is 4.26. The lowest BCUT2D eigenvalue weighted by Crippen LogP contribution is -2.37. The van der Waals surface area contributed by atoms with Gasteiger partial charge in [0, 0.05) is 12.6 Å². The van der Waals surface area contributed by atoms with Gasteiger partial charge in [0.15, 0.2) is 0 Å². The van der Waals surface area contributed by atoms with E-state index in [2.05, 4.69) is 11.8 Å². The van der Waals surface area contributed by atoms with Crippen molar-refractivity contribution in [2.45, 2.75) is 31.9 Å². The number of likely N-dealkylation sites (tertiary alicyclic amines) is 1. The zero-order valence-corrected chi connectivity index (χ0v) is 6.55. The van der Waals surface area contributed by atoms with Crippen LogP contribution in [0.2, 0.25) is 0 Å². The monoisotopic (exact) mass is 141 g/mol. The molecule has 0 aromatic rings. The minimum atomic E-state index is 0.580. The van der Waals surface area contributed by atoms with Crippen molar-refractivity contribution in [2.75, 3.05) is 19.7 Å². The van der Waals surface area contributed by atoms with Crippen LogP contribution < -0.4 is 0 Å². The van der Waals surface area contributed by atoms with Crippen LogP contribution in [0.25, 0.3) is 0 Å². The zero-order valence-electron chi connectivity index (χ0n) is 6.55. The number of fused-ring (bicyclic) bond motifs is 2. The van der Waals surface area contributed by atoms with Crippen LogP contribution >= 0.6 is 0 Å². The second-order valence-electron chi connectivity index (χ2n) is 3.34. The summed E-state index contributed by atoms with van der Waals surface area (Å²) < 4.78 is 5.49. The summed E-state index contributed by atoms with van der Waals surface area (Å²) in [6.45, 7) is 5.69. The largest absolute Gasteiger partial charge is 0.375 e. The van der Waals surface area contributed by atoms with E-state index in [9.17, 15) is 0 Å². The highest BCUT2D eigenvalue weighted by atomic mass is 16.5. The molecule has 2 saturated heterocycles. The van der Waals surface area contributed by atoms with Crippen LogP contribution in [0.15, 0.2) is 0 Å². The lowest BCUT2D eigenvalue weighted by molar-refractivity contribution is 0.0308. The van der Waals surface area contributed by atoms with Gasteiger partial charge in [0.05, 0.1) is 12.7 Å². The Hall–Kier alpha value is -0.0800. The first kappa shape index (κ1) is 6.62. The molecule has 0 aliphatic carbocycles. The maximum absolute atomic E-state index is 5.49. The number of hydrogen-bond donors (Lipinski definition) is 0. The van der Waals surface area contributed by atoms with Gasteiger partial charge in [-0.2, -0.15) is 0 Å². The van der Waals surface area contributed by atoms with Crippen molar-refractivity contribution in [3.8, 4) is 0 Å². The molecule has 0 saturated carbocycles. The Balaban J connectivity index is 1.90. The van der Waals surface area contributed by atoms with Crippen molar-refractivity contribution >= 4 is 0 Å². The summed E-state index contributed by atoms with van der Waals surface area (Å²) in [7, 11) is 0. The SMILES string of the molecule is CCCN1CC2CC1CO2. The van der Waals surface area contributed by atoms with E-state index in [-0.39, 0.29) is 0 Å². The predicted molar refractivity (Wildman–Crippen MR) is 40.0 cm³/mol. The summed E-state index contributed by atoms with van der Waals surface area (Å²) in [5.74, 6) is 0. The van der Waals surface area contributed by atoms with Gasteiger partial charge in [0.25, 0.3) is 0 Å². The molecule has 2 nitrogen and oxygen atoms in total. The zero-order chi connectivity index (χ0) is 6.97. The molecule has 0 aromatic heterocycles. The van der Waals surface area contributed by atoms with E-state index >= 15 is 0 Å². The van der Waals surface area contributed by atoms with Gasteiger partial charge in [-0.1, -0.05) is 6.92 Å². The van der Waals surface area contributed by atoms with E-state index < -0.39 is 0 Å². The normalized spacial score (nSPS) is 39.3. The number of nitrogens with zero attached hydrogens (tertiary/aromatic N) is 1. The average molecular weight is 141 g/mol. The Morgan fingerprint density at radius 1 is 1.60 bits per heavy atom. The second-order valence-corrected chi connectivity index (χ2v) is 3.34. The van der Waals surface area contributed by atoms with Crippen LogP contribution in [-0.2, 0) is 4.74 Å². The van der Waals surface area contributed by atoms with Crippen molar-refractivity contribution in [3.63, 3.8) is 0 Å². The number of rotatable bonds is 2.